The molecule has 3 unspecified atom stereocenters. The summed E-state index contributed by atoms with van der Waals surface area (Å²) in [5, 5.41) is 3.67. The van der Waals surface area contributed by atoms with E-state index < -0.39 is 17.2 Å². The number of ether oxygens (including phenoxy) is 2. The summed E-state index contributed by atoms with van der Waals surface area (Å²) in [4.78, 5) is 38.5. The number of nitrogens with zero attached hydrogens (tertiary/aromatic N) is 5. The number of alkyl halides is 3. The SMILES string of the molecule is COC1COCCC1NC1CC[C@](CN(C)C(=O)n2ccnc2)(C(=O)N2CCc3ncc(C(F)(F)F)cc3C2)C1. The molecule has 4 atom stereocenters. The number of imidazole rings is 1. The molecule has 2 amide bonds. The predicted molar refractivity (Wildman–Crippen MR) is 137 cm³/mol. The number of hydrogen-bond acceptors (Lipinski definition) is 7. The average molecular weight is 565 g/mol. The molecule has 1 N–H and O–H groups in total. The Hall–Kier alpha value is -3.03. The van der Waals surface area contributed by atoms with Crippen molar-refractivity contribution in [1.29, 1.82) is 0 Å². The number of amides is 2. The Morgan fingerprint density at radius 3 is 2.88 bits per heavy atom. The lowest BCUT2D eigenvalue weighted by Gasteiger charge is -2.39. The van der Waals surface area contributed by atoms with E-state index in [1.807, 2.05) is 0 Å². The maximum absolute atomic E-state index is 14.3. The van der Waals surface area contributed by atoms with Gasteiger partial charge in [0.2, 0.25) is 5.91 Å². The van der Waals surface area contributed by atoms with Gasteiger partial charge in [0, 0.05) is 83.2 Å². The zero-order valence-electron chi connectivity index (χ0n) is 22.7. The van der Waals surface area contributed by atoms with Crippen molar-refractivity contribution in [3.63, 3.8) is 0 Å². The van der Waals surface area contributed by atoms with Gasteiger partial charge in [-0.1, -0.05) is 0 Å². The number of fused-ring (bicyclic) bond motifs is 1. The third-order valence-electron chi connectivity index (χ3n) is 8.36. The highest BCUT2D eigenvalue weighted by atomic mass is 19.4. The van der Waals surface area contributed by atoms with Crippen LogP contribution in [-0.2, 0) is 33.4 Å². The number of aromatic nitrogens is 3. The molecule has 0 bridgehead atoms. The summed E-state index contributed by atoms with van der Waals surface area (Å²) >= 11 is 0. The number of carbonyl (C=O) groups excluding carboxylic acids is 2. The molecule has 0 radical (unpaired) electrons. The quantitative estimate of drug-likeness (QED) is 0.576. The van der Waals surface area contributed by atoms with E-state index in [2.05, 4.69) is 15.3 Å². The Kier molecular flexibility index (Phi) is 8.16. The van der Waals surface area contributed by atoms with Crippen LogP contribution < -0.4 is 5.32 Å². The van der Waals surface area contributed by atoms with Crippen molar-refractivity contribution >= 4 is 11.9 Å². The van der Waals surface area contributed by atoms with Gasteiger partial charge < -0.3 is 24.6 Å². The summed E-state index contributed by atoms with van der Waals surface area (Å²) in [6, 6.07) is 0.872. The molecule has 1 aliphatic carbocycles. The van der Waals surface area contributed by atoms with Crippen LogP contribution in [0.3, 0.4) is 0 Å². The minimum atomic E-state index is -4.51. The number of hydrogen-bond donors (Lipinski definition) is 1. The third-order valence-corrected chi connectivity index (χ3v) is 8.36. The molecule has 2 aromatic rings. The second kappa shape index (κ2) is 11.5. The van der Waals surface area contributed by atoms with Crippen molar-refractivity contribution in [2.75, 3.05) is 40.5 Å². The van der Waals surface area contributed by atoms with Gasteiger partial charge in [0.25, 0.3) is 0 Å². The maximum atomic E-state index is 14.3. The van der Waals surface area contributed by atoms with E-state index in [1.165, 1.54) is 22.0 Å². The number of methoxy groups -OCH3 is 1. The fourth-order valence-corrected chi connectivity index (χ4v) is 6.29. The predicted octanol–water partition coefficient (Wildman–Crippen LogP) is 2.71. The molecule has 0 aromatic carbocycles. The minimum absolute atomic E-state index is 0.0111. The number of nitrogens with one attached hydrogen (secondary N) is 1. The molecule has 4 heterocycles. The number of halogens is 3. The first-order valence-corrected chi connectivity index (χ1v) is 13.5. The van der Waals surface area contributed by atoms with Gasteiger partial charge in [0.05, 0.1) is 23.7 Å². The molecule has 40 heavy (non-hydrogen) atoms. The lowest BCUT2D eigenvalue weighted by atomic mass is 9.82. The van der Waals surface area contributed by atoms with E-state index in [9.17, 15) is 22.8 Å². The second-order valence-electron chi connectivity index (χ2n) is 11.0. The molecule has 2 aliphatic heterocycles. The van der Waals surface area contributed by atoms with Crippen molar-refractivity contribution in [2.45, 2.75) is 63.0 Å². The molecule has 2 fully saturated rings. The largest absolute Gasteiger partial charge is 0.417 e. The van der Waals surface area contributed by atoms with Gasteiger partial charge >= 0.3 is 12.2 Å². The molecule has 13 heteroatoms. The molecule has 1 saturated heterocycles. The number of rotatable bonds is 6. The van der Waals surface area contributed by atoms with Crippen LogP contribution in [0.15, 0.2) is 31.0 Å². The van der Waals surface area contributed by atoms with E-state index in [0.29, 0.717) is 50.3 Å². The Labute approximate surface area is 230 Å². The maximum Gasteiger partial charge on any atom is 0.417 e. The molecule has 0 spiro atoms. The van der Waals surface area contributed by atoms with Crippen molar-refractivity contribution in [1.82, 2.24) is 29.7 Å². The van der Waals surface area contributed by atoms with Gasteiger partial charge in [0.15, 0.2) is 0 Å². The van der Waals surface area contributed by atoms with E-state index in [4.69, 9.17) is 9.47 Å². The lowest BCUT2D eigenvalue weighted by molar-refractivity contribution is -0.143. The standard InChI is InChI=1S/C27H35F3N6O4/c1-34(25(38)36-9-7-31-17-36)16-26(6-3-20(12-26)33-22-5-10-40-15-23(22)39-2)24(37)35-8-4-21-18(14-35)11-19(13-32-21)27(28,29)30/h7,9,11,13,17,20,22-23,33H,3-6,8,10,12,14-16H2,1-2H3/t20?,22?,23?,26-/m0/s1. The van der Waals surface area contributed by atoms with Crippen LogP contribution in [0.2, 0.25) is 0 Å². The fourth-order valence-electron chi connectivity index (χ4n) is 6.29. The molecule has 5 rings (SSSR count). The summed E-state index contributed by atoms with van der Waals surface area (Å²) in [6.07, 6.45) is 3.62. The van der Waals surface area contributed by atoms with Crippen LogP contribution in [0.1, 0.15) is 42.5 Å². The van der Waals surface area contributed by atoms with Crippen LogP contribution in [-0.4, -0.2) is 94.9 Å². The second-order valence-corrected chi connectivity index (χ2v) is 11.0. The van der Waals surface area contributed by atoms with Crippen molar-refractivity contribution in [3.05, 3.63) is 47.8 Å². The number of pyridine rings is 1. The molecule has 2 aromatic heterocycles. The molecular formula is C27H35F3N6O4. The first-order valence-electron chi connectivity index (χ1n) is 13.5. The van der Waals surface area contributed by atoms with Crippen molar-refractivity contribution < 1.29 is 32.2 Å². The first kappa shape index (κ1) is 28.5. The fraction of sp³-hybridized carbons (Fsp3) is 0.630. The van der Waals surface area contributed by atoms with Crippen molar-refractivity contribution in [3.8, 4) is 0 Å². The summed E-state index contributed by atoms with van der Waals surface area (Å²) in [5.74, 6) is -0.152. The van der Waals surface area contributed by atoms with E-state index in [0.717, 1.165) is 25.1 Å². The van der Waals surface area contributed by atoms with Gasteiger partial charge in [0.1, 0.15) is 6.33 Å². The van der Waals surface area contributed by atoms with E-state index in [-0.39, 0.29) is 43.2 Å². The zero-order valence-corrected chi connectivity index (χ0v) is 22.7. The molecule has 1 saturated carbocycles. The summed E-state index contributed by atoms with van der Waals surface area (Å²) in [6.45, 7) is 1.70. The van der Waals surface area contributed by atoms with Gasteiger partial charge in [-0.25, -0.2) is 9.78 Å². The van der Waals surface area contributed by atoms with E-state index in [1.54, 1.807) is 25.3 Å². The van der Waals surface area contributed by atoms with Crippen LogP contribution in [0.5, 0.6) is 0 Å². The summed E-state index contributed by atoms with van der Waals surface area (Å²) < 4.78 is 52.6. The van der Waals surface area contributed by atoms with Crippen LogP contribution in [0, 0.1) is 5.41 Å². The van der Waals surface area contributed by atoms with E-state index >= 15 is 0 Å². The highest BCUT2D eigenvalue weighted by Crippen LogP contribution is 2.42. The van der Waals surface area contributed by atoms with Gasteiger partial charge in [-0.15, -0.1) is 0 Å². The topological polar surface area (TPSA) is 102 Å². The van der Waals surface area contributed by atoms with Crippen LogP contribution >= 0.6 is 0 Å². The summed E-state index contributed by atoms with van der Waals surface area (Å²) in [5.41, 5.74) is -0.738. The third kappa shape index (κ3) is 5.86. The van der Waals surface area contributed by atoms with Gasteiger partial charge in [-0.05, 0) is 37.3 Å². The van der Waals surface area contributed by atoms with Gasteiger partial charge in [-0.2, -0.15) is 13.2 Å². The number of carbonyl (C=O) groups is 2. The monoisotopic (exact) mass is 564 g/mol. The smallest absolute Gasteiger partial charge is 0.379 e. The summed E-state index contributed by atoms with van der Waals surface area (Å²) in [7, 11) is 3.31. The molecule has 218 valence electrons. The lowest BCUT2D eigenvalue weighted by Crippen LogP contribution is -2.53. The molecule has 3 aliphatic rings. The van der Waals surface area contributed by atoms with Crippen LogP contribution in [0.4, 0.5) is 18.0 Å². The highest BCUT2D eigenvalue weighted by Gasteiger charge is 2.49. The molecular weight excluding hydrogens is 529 g/mol. The van der Waals surface area contributed by atoms with Crippen molar-refractivity contribution in [2.24, 2.45) is 5.41 Å². The first-order chi connectivity index (χ1) is 19.1. The highest BCUT2D eigenvalue weighted by molar-refractivity contribution is 5.85. The minimum Gasteiger partial charge on any atom is -0.379 e. The average Bonchev–Trinajstić information content (AvgIpc) is 3.63. The van der Waals surface area contributed by atoms with Gasteiger partial charge in [-0.3, -0.25) is 14.3 Å². The zero-order chi connectivity index (χ0) is 28.5. The molecule has 10 nitrogen and oxygen atoms in total. The Balaban J connectivity index is 1.37. The van der Waals surface area contributed by atoms with Crippen LogP contribution in [0.25, 0.3) is 0 Å². The Morgan fingerprint density at radius 1 is 1.32 bits per heavy atom. The Bertz CT molecular complexity index is 1210. The normalized spacial score (nSPS) is 26.9. The Morgan fingerprint density at radius 2 is 2.15 bits per heavy atom.